The Bertz CT molecular complexity index is 471. The second-order valence-corrected chi connectivity index (χ2v) is 5.88. The number of carbonyl (C=O) groups excluding carboxylic acids is 1. The lowest BCUT2D eigenvalue weighted by Crippen LogP contribution is -2.56. The van der Waals surface area contributed by atoms with E-state index in [0.29, 0.717) is 13.2 Å². The highest BCUT2D eigenvalue weighted by Gasteiger charge is 2.35. The first-order valence-corrected chi connectivity index (χ1v) is 7.13. The maximum Gasteiger partial charge on any atom is 0.244 e. The molecule has 1 N–H and O–H groups in total. The van der Waals surface area contributed by atoms with Gasteiger partial charge >= 0.3 is 0 Å². The molecule has 4 nitrogen and oxygen atoms in total. The molecule has 0 aliphatic carbocycles. The molecular weight excluding hydrogens is 252 g/mol. The van der Waals surface area contributed by atoms with E-state index in [4.69, 9.17) is 4.74 Å². The van der Waals surface area contributed by atoms with Crippen molar-refractivity contribution in [2.75, 3.05) is 31.6 Å². The minimum atomic E-state index is -0.529. The van der Waals surface area contributed by atoms with E-state index in [9.17, 15) is 4.79 Å². The highest BCUT2D eigenvalue weighted by atomic mass is 16.5. The van der Waals surface area contributed by atoms with Gasteiger partial charge in [-0.3, -0.25) is 9.69 Å². The second kappa shape index (κ2) is 5.94. The average molecular weight is 276 g/mol. The number of nitrogens with one attached hydrogen (secondary N) is 1. The summed E-state index contributed by atoms with van der Waals surface area (Å²) in [6.07, 6.45) is 0. The standard InChI is InChI=1S/C16H24N2O2/c1-12-6-5-7-13(2)14(12)17-15(19)16(3,4)18-8-10-20-11-9-18/h5-7H,8-11H2,1-4H3,(H,17,19). The van der Waals surface area contributed by atoms with Crippen LogP contribution in [-0.2, 0) is 9.53 Å². The summed E-state index contributed by atoms with van der Waals surface area (Å²) in [4.78, 5) is 14.8. The summed E-state index contributed by atoms with van der Waals surface area (Å²) in [5.41, 5.74) is 2.59. The van der Waals surface area contributed by atoms with Crippen LogP contribution in [-0.4, -0.2) is 42.6 Å². The quantitative estimate of drug-likeness (QED) is 0.921. The van der Waals surface area contributed by atoms with Crippen LogP contribution in [0.4, 0.5) is 5.69 Å². The van der Waals surface area contributed by atoms with E-state index >= 15 is 0 Å². The van der Waals surface area contributed by atoms with Gasteiger partial charge in [0.2, 0.25) is 5.91 Å². The first-order chi connectivity index (χ1) is 9.43. The summed E-state index contributed by atoms with van der Waals surface area (Å²) in [7, 11) is 0. The lowest BCUT2D eigenvalue weighted by molar-refractivity contribution is -0.129. The monoisotopic (exact) mass is 276 g/mol. The number of hydrogen-bond donors (Lipinski definition) is 1. The average Bonchev–Trinajstić information content (AvgIpc) is 2.43. The SMILES string of the molecule is Cc1cccc(C)c1NC(=O)C(C)(C)N1CCOCC1. The molecule has 0 saturated carbocycles. The van der Waals surface area contributed by atoms with E-state index in [-0.39, 0.29) is 5.91 Å². The first-order valence-electron chi connectivity index (χ1n) is 7.13. The van der Waals surface area contributed by atoms with Gasteiger partial charge in [-0.25, -0.2) is 0 Å². The third-order valence-electron chi connectivity index (χ3n) is 4.08. The molecule has 0 unspecified atom stereocenters. The topological polar surface area (TPSA) is 41.6 Å². The fraction of sp³-hybridized carbons (Fsp3) is 0.562. The van der Waals surface area contributed by atoms with Crippen molar-refractivity contribution in [3.63, 3.8) is 0 Å². The number of nitrogens with zero attached hydrogens (tertiary/aromatic N) is 1. The van der Waals surface area contributed by atoms with Gasteiger partial charge in [0.1, 0.15) is 0 Å². The van der Waals surface area contributed by atoms with Crippen molar-refractivity contribution in [2.24, 2.45) is 0 Å². The molecule has 0 aromatic heterocycles. The van der Waals surface area contributed by atoms with Gasteiger partial charge in [0, 0.05) is 18.8 Å². The second-order valence-electron chi connectivity index (χ2n) is 5.88. The van der Waals surface area contributed by atoms with Crippen molar-refractivity contribution in [3.05, 3.63) is 29.3 Å². The maximum absolute atomic E-state index is 12.6. The molecule has 0 radical (unpaired) electrons. The smallest absolute Gasteiger partial charge is 0.244 e. The van der Waals surface area contributed by atoms with Gasteiger partial charge in [-0.05, 0) is 38.8 Å². The van der Waals surface area contributed by atoms with E-state index in [1.165, 1.54) is 0 Å². The number of hydrogen-bond acceptors (Lipinski definition) is 3. The Morgan fingerprint density at radius 2 is 1.75 bits per heavy atom. The zero-order valence-electron chi connectivity index (χ0n) is 12.8. The Labute approximate surface area is 121 Å². The van der Waals surface area contributed by atoms with Crippen LogP contribution >= 0.6 is 0 Å². The lowest BCUT2D eigenvalue weighted by Gasteiger charge is -2.39. The number of benzene rings is 1. The normalized spacial score (nSPS) is 17.0. The highest BCUT2D eigenvalue weighted by molar-refractivity contribution is 5.98. The van der Waals surface area contributed by atoms with Gasteiger partial charge in [0.15, 0.2) is 0 Å². The number of aryl methyl sites for hydroxylation is 2. The maximum atomic E-state index is 12.6. The van der Waals surface area contributed by atoms with Crippen LogP contribution in [0.3, 0.4) is 0 Å². The Kier molecular flexibility index (Phi) is 4.45. The molecule has 1 heterocycles. The molecule has 0 bridgehead atoms. The minimum Gasteiger partial charge on any atom is -0.379 e. The van der Waals surface area contributed by atoms with Crippen LogP contribution in [0.15, 0.2) is 18.2 Å². The Hall–Kier alpha value is -1.39. The molecule has 0 spiro atoms. The van der Waals surface area contributed by atoms with Crippen molar-refractivity contribution in [3.8, 4) is 0 Å². The fourth-order valence-corrected chi connectivity index (χ4v) is 2.54. The van der Waals surface area contributed by atoms with Crippen LogP contribution in [0, 0.1) is 13.8 Å². The van der Waals surface area contributed by atoms with Gasteiger partial charge in [0.05, 0.1) is 18.8 Å². The molecule has 0 atom stereocenters. The number of amides is 1. The number of rotatable bonds is 3. The van der Waals surface area contributed by atoms with Crippen molar-refractivity contribution >= 4 is 11.6 Å². The summed E-state index contributed by atoms with van der Waals surface area (Å²) in [6.45, 7) is 11.0. The van der Waals surface area contributed by atoms with Gasteiger partial charge in [-0.2, -0.15) is 0 Å². The molecule has 2 rings (SSSR count). The summed E-state index contributed by atoms with van der Waals surface area (Å²) in [5, 5.41) is 3.09. The molecule has 1 aromatic rings. The van der Waals surface area contributed by atoms with Crippen LogP contribution in [0.2, 0.25) is 0 Å². The van der Waals surface area contributed by atoms with Crippen LogP contribution in [0.5, 0.6) is 0 Å². The summed E-state index contributed by atoms with van der Waals surface area (Å²) in [5.74, 6) is 0.0387. The largest absolute Gasteiger partial charge is 0.379 e. The minimum absolute atomic E-state index is 0.0387. The Morgan fingerprint density at radius 3 is 2.30 bits per heavy atom. The predicted octanol–water partition coefficient (Wildman–Crippen LogP) is 2.35. The zero-order chi connectivity index (χ0) is 14.8. The van der Waals surface area contributed by atoms with Crippen LogP contribution < -0.4 is 5.32 Å². The van der Waals surface area contributed by atoms with Gasteiger partial charge < -0.3 is 10.1 Å². The number of morpholine rings is 1. The molecule has 110 valence electrons. The summed E-state index contributed by atoms with van der Waals surface area (Å²) >= 11 is 0. The molecule has 1 aliphatic rings. The third kappa shape index (κ3) is 3.02. The van der Waals surface area contributed by atoms with Crippen LogP contribution in [0.25, 0.3) is 0 Å². The summed E-state index contributed by atoms with van der Waals surface area (Å²) in [6, 6.07) is 6.04. The molecule has 4 heteroatoms. The van der Waals surface area contributed by atoms with E-state index in [1.54, 1.807) is 0 Å². The lowest BCUT2D eigenvalue weighted by atomic mass is 9.99. The van der Waals surface area contributed by atoms with Crippen molar-refractivity contribution in [1.82, 2.24) is 4.90 Å². The Balaban J connectivity index is 2.14. The van der Waals surface area contributed by atoms with Gasteiger partial charge in [0.25, 0.3) is 0 Å². The van der Waals surface area contributed by atoms with E-state index < -0.39 is 5.54 Å². The highest BCUT2D eigenvalue weighted by Crippen LogP contribution is 2.23. The Morgan fingerprint density at radius 1 is 1.20 bits per heavy atom. The molecule has 1 fully saturated rings. The van der Waals surface area contributed by atoms with Crippen molar-refractivity contribution in [1.29, 1.82) is 0 Å². The predicted molar refractivity (Wildman–Crippen MR) is 81.0 cm³/mol. The third-order valence-corrected chi connectivity index (χ3v) is 4.08. The molecular formula is C16H24N2O2. The van der Waals surface area contributed by atoms with E-state index in [0.717, 1.165) is 29.9 Å². The van der Waals surface area contributed by atoms with Crippen LogP contribution in [0.1, 0.15) is 25.0 Å². The molecule has 1 amide bonds. The van der Waals surface area contributed by atoms with E-state index in [1.807, 2.05) is 45.9 Å². The summed E-state index contributed by atoms with van der Waals surface area (Å²) < 4.78 is 5.36. The van der Waals surface area contributed by atoms with E-state index in [2.05, 4.69) is 10.2 Å². The molecule has 1 aromatic carbocycles. The van der Waals surface area contributed by atoms with Crippen molar-refractivity contribution in [2.45, 2.75) is 33.2 Å². The number of para-hydroxylation sites is 1. The van der Waals surface area contributed by atoms with Gasteiger partial charge in [-0.15, -0.1) is 0 Å². The molecule has 20 heavy (non-hydrogen) atoms. The number of anilines is 1. The number of carbonyl (C=O) groups is 1. The molecule has 1 aliphatic heterocycles. The fourth-order valence-electron chi connectivity index (χ4n) is 2.54. The molecule has 1 saturated heterocycles. The van der Waals surface area contributed by atoms with Crippen molar-refractivity contribution < 1.29 is 9.53 Å². The number of ether oxygens (including phenoxy) is 1. The van der Waals surface area contributed by atoms with Gasteiger partial charge in [-0.1, -0.05) is 18.2 Å². The first kappa shape index (κ1) is 15.0. The zero-order valence-corrected chi connectivity index (χ0v) is 12.8.